The lowest BCUT2D eigenvalue weighted by molar-refractivity contribution is 0.338. The molecule has 0 spiro atoms. The van der Waals surface area contributed by atoms with E-state index in [2.05, 4.69) is 42.3 Å². The summed E-state index contributed by atoms with van der Waals surface area (Å²) in [7, 11) is 0. The van der Waals surface area contributed by atoms with Gasteiger partial charge in [0.25, 0.3) is 0 Å². The fourth-order valence-corrected chi connectivity index (χ4v) is 3.17. The number of nitrogens with zero attached hydrogens (tertiary/aromatic N) is 1. The fraction of sp³-hybridized carbons (Fsp3) is 0.533. The maximum atomic E-state index is 4.87. The maximum Gasteiger partial charge on any atom is 0.127 e. The van der Waals surface area contributed by atoms with Crippen molar-refractivity contribution >= 4 is 11.0 Å². The number of aryl methyl sites for hydroxylation is 1. The standard InChI is InChI=1S/C15H21N3/c1-3-8-15(9-5-10-16-15)14-17-12-7-4-6-11(2)13(12)18-14/h4,6-7,16H,3,5,8-10H2,1-2H3,(H,17,18). The Morgan fingerprint density at radius 2 is 2.28 bits per heavy atom. The summed E-state index contributed by atoms with van der Waals surface area (Å²) < 4.78 is 0. The van der Waals surface area contributed by atoms with Crippen LogP contribution in [0.4, 0.5) is 0 Å². The Bertz CT molecular complexity index is 550. The molecular formula is C15H21N3. The Kier molecular flexibility index (Phi) is 2.86. The van der Waals surface area contributed by atoms with E-state index in [4.69, 9.17) is 4.98 Å². The van der Waals surface area contributed by atoms with Crippen LogP contribution in [0.3, 0.4) is 0 Å². The minimum atomic E-state index is 0.0835. The van der Waals surface area contributed by atoms with Crippen molar-refractivity contribution in [1.82, 2.24) is 15.3 Å². The van der Waals surface area contributed by atoms with Gasteiger partial charge in [-0.1, -0.05) is 25.5 Å². The number of benzene rings is 1. The lowest BCUT2D eigenvalue weighted by atomic mass is 9.91. The first kappa shape index (κ1) is 11.7. The van der Waals surface area contributed by atoms with Gasteiger partial charge in [0.15, 0.2) is 0 Å². The van der Waals surface area contributed by atoms with Crippen molar-refractivity contribution in [3.63, 3.8) is 0 Å². The monoisotopic (exact) mass is 243 g/mol. The van der Waals surface area contributed by atoms with Crippen LogP contribution in [-0.2, 0) is 5.54 Å². The minimum Gasteiger partial charge on any atom is -0.340 e. The van der Waals surface area contributed by atoms with Crippen LogP contribution in [-0.4, -0.2) is 16.5 Å². The molecule has 96 valence electrons. The van der Waals surface area contributed by atoms with E-state index in [9.17, 15) is 0 Å². The average molecular weight is 243 g/mol. The molecule has 1 unspecified atom stereocenters. The highest BCUT2D eigenvalue weighted by Gasteiger charge is 2.37. The van der Waals surface area contributed by atoms with Crippen molar-refractivity contribution in [3.05, 3.63) is 29.6 Å². The summed E-state index contributed by atoms with van der Waals surface area (Å²) in [4.78, 5) is 8.40. The molecule has 2 aromatic rings. The van der Waals surface area contributed by atoms with Crippen molar-refractivity contribution in [1.29, 1.82) is 0 Å². The molecule has 0 radical (unpaired) electrons. The Balaban J connectivity index is 2.09. The second kappa shape index (κ2) is 4.39. The van der Waals surface area contributed by atoms with Gasteiger partial charge in [-0.2, -0.15) is 0 Å². The van der Waals surface area contributed by atoms with Crippen LogP contribution in [0.1, 0.15) is 44.0 Å². The molecule has 1 aliphatic rings. The number of hydrogen-bond acceptors (Lipinski definition) is 2. The third-order valence-electron chi connectivity index (χ3n) is 4.09. The summed E-state index contributed by atoms with van der Waals surface area (Å²) >= 11 is 0. The van der Waals surface area contributed by atoms with Crippen molar-refractivity contribution in [2.45, 2.75) is 45.1 Å². The van der Waals surface area contributed by atoms with Crippen LogP contribution < -0.4 is 5.32 Å². The van der Waals surface area contributed by atoms with Gasteiger partial charge in [0.05, 0.1) is 16.6 Å². The molecule has 2 heterocycles. The summed E-state index contributed by atoms with van der Waals surface area (Å²) in [5.74, 6) is 1.13. The first-order valence-electron chi connectivity index (χ1n) is 6.96. The average Bonchev–Trinajstić information content (AvgIpc) is 2.97. The molecule has 1 aromatic heterocycles. The van der Waals surface area contributed by atoms with Gasteiger partial charge in [-0.15, -0.1) is 0 Å². The molecule has 2 N–H and O–H groups in total. The van der Waals surface area contributed by atoms with E-state index in [1.54, 1.807) is 0 Å². The first-order chi connectivity index (χ1) is 8.75. The molecule has 0 aliphatic carbocycles. The molecule has 1 atom stereocenters. The third kappa shape index (κ3) is 1.74. The largest absolute Gasteiger partial charge is 0.340 e. The predicted molar refractivity (Wildman–Crippen MR) is 74.7 cm³/mol. The summed E-state index contributed by atoms with van der Waals surface area (Å²) in [6.07, 6.45) is 4.78. The molecule has 18 heavy (non-hydrogen) atoms. The minimum absolute atomic E-state index is 0.0835. The molecule has 1 aromatic carbocycles. The van der Waals surface area contributed by atoms with Crippen molar-refractivity contribution in [2.75, 3.05) is 6.54 Å². The van der Waals surface area contributed by atoms with E-state index >= 15 is 0 Å². The molecule has 3 heteroatoms. The smallest absolute Gasteiger partial charge is 0.127 e. The third-order valence-corrected chi connectivity index (χ3v) is 4.09. The van der Waals surface area contributed by atoms with E-state index in [0.29, 0.717) is 0 Å². The number of imidazole rings is 1. The van der Waals surface area contributed by atoms with E-state index in [1.807, 2.05) is 0 Å². The van der Waals surface area contributed by atoms with Crippen LogP contribution >= 0.6 is 0 Å². The zero-order chi connectivity index (χ0) is 12.6. The molecule has 1 saturated heterocycles. The zero-order valence-electron chi connectivity index (χ0n) is 11.2. The van der Waals surface area contributed by atoms with Gasteiger partial charge in [0.1, 0.15) is 5.82 Å². The predicted octanol–water partition coefficient (Wildman–Crippen LogP) is 3.25. The summed E-state index contributed by atoms with van der Waals surface area (Å²) in [5.41, 5.74) is 3.62. The SMILES string of the molecule is CCCC1(c2nc3c(C)cccc3[nH]2)CCCN1. The van der Waals surface area contributed by atoms with Gasteiger partial charge in [-0.05, 0) is 44.4 Å². The number of hydrogen-bond donors (Lipinski definition) is 2. The number of aromatic nitrogens is 2. The van der Waals surface area contributed by atoms with Crippen molar-refractivity contribution in [2.24, 2.45) is 0 Å². The molecule has 0 saturated carbocycles. The van der Waals surface area contributed by atoms with Gasteiger partial charge in [-0.25, -0.2) is 4.98 Å². The van der Waals surface area contributed by atoms with Crippen molar-refractivity contribution < 1.29 is 0 Å². The molecule has 0 bridgehead atoms. The molecular weight excluding hydrogens is 222 g/mol. The van der Waals surface area contributed by atoms with E-state index in [1.165, 1.54) is 24.8 Å². The Morgan fingerprint density at radius 1 is 1.39 bits per heavy atom. The normalized spacial score (nSPS) is 23.9. The van der Waals surface area contributed by atoms with Crippen LogP contribution in [0.25, 0.3) is 11.0 Å². The highest BCUT2D eigenvalue weighted by Crippen LogP contribution is 2.34. The molecule has 1 aliphatic heterocycles. The number of fused-ring (bicyclic) bond motifs is 1. The van der Waals surface area contributed by atoms with E-state index < -0.39 is 0 Å². The van der Waals surface area contributed by atoms with Gasteiger partial charge in [0, 0.05) is 0 Å². The second-order valence-corrected chi connectivity index (χ2v) is 5.42. The Morgan fingerprint density at radius 3 is 2.94 bits per heavy atom. The van der Waals surface area contributed by atoms with Crippen molar-refractivity contribution in [3.8, 4) is 0 Å². The highest BCUT2D eigenvalue weighted by molar-refractivity contribution is 5.78. The quantitative estimate of drug-likeness (QED) is 0.868. The number of para-hydroxylation sites is 1. The summed E-state index contributed by atoms with van der Waals surface area (Å²) in [6, 6.07) is 6.34. The van der Waals surface area contributed by atoms with Gasteiger partial charge in [0.2, 0.25) is 0 Å². The highest BCUT2D eigenvalue weighted by atomic mass is 15.1. The van der Waals surface area contributed by atoms with E-state index in [0.717, 1.165) is 29.8 Å². The second-order valence-electron chi connectivity index (χ2n) is 5.42. The molecule has 3 nitrogen and oxygen atoms in total. The van der Waals surface area contributed by atoms with E-state index in [-0.39, 0.29) is 5.54 Å². The first-order valence-corrected chi connectivity index (χ1v) is 6.96. The number of nitrogens with one attached hydrogen (secondary N) is 2. The summed E-state index contributed by atoms with van der Waals surface area (Å²) in [5, 5.41) is 3.67. The topological polar surface area (TPSA) is 40.7 Å². The Hall–Kier alpha value is -1.35. The fourth-order valence-electron chi connectivity index (χ4n) is 3.17. The number of aromatic amines is 1. The molecule has 3 rings (SSSR count). The Labute approximate surface area is 108 Å². The van der Waals surface area contributed by atoms with Crippen LogP contribution in [0, 0.1) is 6.92 Å². The maximum absolute atomic E-state index is 4.87. The molecule has 0 amide bonds. The lowest BCUT2D eigenvalue weighted by Crippen LogP contribution is -2.37. The number of H-pyrrole nitrogens is 1. The summed E-state index contributed by atoms with van der Waals surface area (Å²) in [6.45, 7) is 5.48. The van der Waals surface area contributed by atoms with Crippen LogP contribution in [0.2, 0.25) is 0 Å². The van der Waals surface area contributed by atoms with Crippen LogP contribution in [0.5, 0.6) is 0 Å². The van der Waals surface area contributed by atoms with Gasteiger partial charge < -0.3 is 10.3 Å². The molecule has 1 fully saturated rings. The van der Waals surface area contributed by atoms with Crippen LogP contribution in [0.15, 0.2) is 18.2 Å². The van der Waals surface area contributed by atoms with Gasteiger partial charge in [-0.3, -0.25) is 0 Å². The van der Waals surface area contributed by atoms with Gasteiger partial charge >= 0.3 is 0 Å². The number of rotatable bonds is 3. The lowest BCUT2D eigenvalue weighted by Gasteiger charge is -2.26. The zero-order valence-corrected chi connectivity index (χ0v) is 11.2.